The van der Waals surface area contributed by atoms with Crippen LogP contribution in [0, 0.1) is 0 Å². The summed E-state index contributed by atoms with van der Waals surface area (Å²) >= 11 is 0. The zero-order valence-corrected chi connectivity index (χ0v) is 10.2. The van der Waals surface area contributed by atoms with Gasteiger partial charge >= 0.3 is 0 Å². The van der Waals surface area contributed by atoms with Crippen LogP contribution in [0.1, 0.15) is 10.4 Å². The molecule has 0 unspecified atom stereocenters. The van der Waals surface area contributed by atoms with Gasteiger partial charge in [-0.1, -0.05) is 12.1 Å². The van der Waals surface area contributed by atoms with E-state index in [1.54, 1.807) is 29.7 Å². The lowest BCUT2D eigenvalue weighted by Crippen LogP contribution is -2.18. The molecule has 0 saturated carbocycles. The molecule has 0 atom stereocenters. The number of aromatic nitrogens is 1. The number of carbonyl (C=O) groups is 1. The third-order valence-electron chi connectivity index (χ3n) is 2.89. The molecule has 3 rings (SSSR count). The molecule has 3 N–H and O–H groups in total. The number of phenolic OH excluding ortho intramolecular Hbond substituents is 1. The average Bonchev–Trinajstić information content (AvgIpc) is 2.89. The number of phenols is 1. The summed E-state index contributed by atoms with van der Waals surface area (Å²) in [5.74, 6) is -0.300. The van der Waals surface area contributed by atoms with E-state index in [0.717, 1.165) is 0 Å². The molecular formula is C14H10N2O4. The summed E-state index contributed by atoms with van der Waals surface area (Å²) in [5.41, 5.74) is 3.23. The smallest absolute Gasteiger partial charge is 0.274 e. The van der Waals surface area contributed by atoms with Crippen LogP contribution in [0.5, 0.6) is 5.75 Å². The zero-order chi connectivity index (χ0) is 14.1. The molecule has 0 aliphatic rings. The number of carbonyl (C=O) groups excluding carboxylic acids is 1. The fourth-order valence-corrected chi connectivity index (χ4v) is 1.90. The first-order valence-electron chi connectivity index (χ1n) is 5.82. The minimum absolute atomic E-state index is 0.0624. The largest absolute Gasteiger partial charge is 0.507 e. The van der Waals surface area contributed by atoms with Crippen LogP contribution in [-0.4, -0.2) is 21.2 Å². The maximum absolute atomic E-state index is 11.3. The van der Waals surface area contributed by atoms with Crippen LogP contribution in [-0.2, 0) is 0 Å². The van der Waals surface area contributed by atoms with Gasteiger partial charge in [0.25, 0.3) is 5.91 Å². The van der Waals surface area contributed by atoms with Crippen molar-refractivity contribution in [2.45, 2.75) is 0 Å². The van der Waals surface area contributed by atoms with Crippen LogP contribution in [0.2, 0.25) is 0 Å². The zero-order valence-electron chi connectivity index (χ0n) is 10.2. The molecule has 0 radical (unpaired) electrons. The van der Waals surface area contributed by atoms with E-state index in [2.05, 4.69) is 4.98 Å². The van der Waals surface area contributed by atoms with Crippen molar-refractivity contribution < 1.29 is 19.5 Å². The number of benzene rings is 2. The highest BCUT2D eigenvalue weighted by molar-refractivity contribution is 5.96. The Bertz CT molecular complexity index is 795. The molecule has 6 heteroatoms. The van der Waals surface area contributed by atoms with Crippen molar-refractivity contribution in [3.8, 4) is 17.2 Å². The number of oxazole rings is 1. The van der Waals surface area contributed by atoms with Crippen molar-refractivity contribution in [3.63, 3.8) is 0 Å². The summed E-state index contributed by atoms with van der Waals surface area (Å²) in [6, 6.07) is 11.3. The van der Waals surface area contributed by atoms with Gasteiger partial charge in [0.2, 0.25) is 5.89 Å². The molecule has 1 amide bonds. The van der Waals surface area contributed by atoms with E-state index < -0.39 is 5.91 Å². The van der Waals surface area contributed by atoms with Gasteiger partial charge in [-0.2, -0.15) is 0 Å². The van der Waals surface area contributed by atoms with Crippen molar-refractivity contribution in [1.82, 2.24) is 10.5 Å². The summed E-state index contributed by atoms with van der Waals surface area (Å²) < 4.78 is 5.54. The normalized spacial score (nSPS) is 10.7. The van der Waals surface area contributed by atoms with Crippen molar-refractivity contribution in [1.29, 1.82) is 0 Å². The predicted octanol–water partition coefficient (Wildman–Crippen LogP) is 2.32. The Morgan fingerprint density at radius 3 is 2.75 bits per heavy atom. The highest BCUT2D eigenvalue weighted by Crippen LogP contribution is 2.30. The molecule has 0 aliphatic heterocycles. The number of aromatic hydroxyl groups is 1. The Balaban J connectivity index is 2.12. The second-order valence-electron chi connectivity index (χ2n) is 4.16. The van der Waals surface area contributed by atoms with Crippen molar-refractivity contribution in [2.75, 3.05) is 0 Å². The number of para-hydroxylation sites is 1. The maximum Gasteiger partial charge on any atom is 0.274 e. The number of fused-ring (bicyclic) bond motifs is 1. The van der Waals surface area contributed by atoms with E-state index in [-0.39, 0.29) is 17.2 Å². The first-order valence-corrected chi connectivity index (χ1v) is 5.82. The van der Waals surface area contributed by atoms with Crippen LogP contribution < -0.4 is 5.48 Å². The van der Waals surface area contributed by atoms with E-state index >= 15 is 0 Å². The Morgan fingerprint density at radius 1 is 1.20 bits per heavy atom. The number of hydrogen-bond donors (Lipinski definition) is 3. The molecule has 1 heterocycles. The van der Waals surface area contributed by atoms with E-state index in [4.69, 9.17) is 9.62 Å². The SMILES string of the molecule is O=C(NO)c1ccc2oc(-c3ccccc3O)nc2c1. The molecule has 0 aliphatic carbocycles. The lowest BCUT2D eigenvalue weighted by atomic mass is 10.2. The van der Waals surface area contributed by atoms with Crippen LogP contribution in [0.25, 0.3) is 22.6 Å². The van der Waals surface area contributed by atoms with Gasteiger partial charge in [-0.05, 0) is 30.3 Å². The third kappa shape index (κ3) is 1.98. The number of amides is 1. The number of hydrogen-bond acceptors (Lipinski definition) is 5. The molecule has 6 nitrogen and oxygen atoms in total. The monoisotopic (exact) mass is 270 g/mol. The Hall–Kier alpha value is -2.86. The average molecular weight is 270 g/mol. The number of hydroxylamine groups is 1. The van der Waals surface area contributed by atoms with Crippen LogP contribution in [0.15, 0.2) is 46.9 Å². The Morgan fingerprint density at radius 2 is 2.00 bits per heavy atom. The van der Waals surface area contributed by atoms with E-state index in [0.29, 0.717) is 16.7 Å². The molecule has 1 aromatic heterocycles. The summed E-state index contributed by atoms with van der Waals surface area (Å²) in [7, 11) is 0. The Labute approximate surface area is 113 Å². The number of rotatable bonds is 2. The lowest BCUT2D eigenvalue weighted by Gasteiger charge is -1.97. The molecule has 0 fully saturated rings. The summed E-state index contributed by atoms with van der Waals surface area (Å²) in [6.07, 6.45) is 0. The lowest BCUT2D eigenvalue weighted by molar-refractivity contribution is 0.0706. The molecule has 2 aromatic carbocycles. The van der Waals surface area contributed by atoms with Crippen molar-refractivity contribution in [2.24, 2.45) is 0 Å². The standard InChI is InChI=1S/C14H10N2O4/c17-11-4-2-1-3-9(11)14-15-10-7-8(13(18)16-19)5-6-12(10)20-14/h1-7,17,19H,(H,16,18). The molecule has 100 valence electrons. The predicted molar refractivity (Wildman–Crippen MR) is 70.4 cm³/mol. The van der Waals surface area contributed by atoms with Gasteiger partial charge in [-0.3, -0.25) is 10.0 Å². The van der Waals surface area contributed by atoms with Gasteiger partial charge in [-0.25, -0.2) is 10.5 Å². The van der Waals surface area contributed by atoms with Gasteiger partial charge < -0.3 is 9.52 Å². The molecule has 0 saturated heterocycles. The first kappa shape index (κ1) is 12.2. The Kier molecular flexibility index (Phi) is 2.85. The minimum atomic E-state index is -0.626. The van der Waals surface area contributed by atoms with Gasteiger partial charge in [0.1, 0.15) is 11.3 Å². The summed E-state index contributed by atoms with van der Waals surface area (Å²) in [5, 5.41) is 18.4. The van der Waals surface area contributed by atoms with Crippen LogP contribution in [0.4, 0.5) is 0 Å². The fraction of sp³-hybridized carbons (Fsp3) is 0. The molecule has 3 aromatic rings. The first-order chi connectivity index (χ1) is 9.69. The summed E-state index contributed by atoms with van der Waals surface area (Å²) in [4.78, 5) is 15.6. The van der Waals surface area contributed by atoms with Gasteiger partial charge in [-0.15, -0.1) is 0 Å². The van der Waals surface area contributed by atoms with Crippen LogP contribution in [0.3, 0.4) is 0 Å². The second-order valence-corrected chi connectivity index (χ2v) is 4.16. The maximum atomic E-state index is 11.3. The van der Waals surface area contributed by atoms with E-state index in [1.165, 1.54) is 18.2 Å². The van der Waals surface area contributed by atoms with Gasteiger partial charge in [0.05, 0.1) is 5.56 Å². The topological polar surface area (TPSA) is 95.6 Å². The van der Waals surface area contributed by atoms with E-state index in [1.807, 2.05) is 0 Å². The van der Waals surface area contributed by atoms with Crippen molar-refractivity contribution in [3.05, 3.63) is 48.0 Å². The third-order valence-corrected chi connectivity index (χ3v) is 2.89. The second kappa shape index (κ2) is 4.67. The van der Waals surface area contributed by atoms with Crippen LogP contribution >= 0.6 is 0 Å². The van der Waals surface area contributed by atoms with Crippen molar-refractivity contribution >= 4 is 17.0 Å². The van der Waals surface area contributed by atoms with Gasteiger partial charge in [0, 0.05) is 5.56 Å². The minimum Gasteiger partial charge on any atom is -0.507 e. The number of nitrogens with zero attached hydrogens (tertiary/aromatic N) is 1. The molecular weight excluding hydrogens is 260 g/mol. The number of nitrogens with one attached hydrogen (secondary N) is 1. The highest BCUT2D eigenvalue weighted by Gasteiger charge is 2.13. The highest BCUT2D eigenvalue weighted by atomic mass is 16.5. The summed E-state index contributed by atoms with van der Waals surface area (Å²) in [6.45, 7) is 0. The molecule has 0 bridgehead atoms. The molecule has 0 spiro atoms. The quantitative estimate of drug-likeness (QED) is 0.490. The fourth-order valence-electron chi connectivity index (χ4n) is 1.90. The van der Waals surface area contributed by atoms with Gasteiger partial charge in [0.15, 0.2) is 5.58 Å². The molecule has 20 heavy (non-hydrogen) atoms. The van der Waals surface area contributed by atoms with E-state index in [9.17, 15) is 9.90 Å².